The molecule has 3 aliphatic rings. The van der Waals surface area contributed by atoms with Crippen LogP contribution in [0.5, 0.6) is 17.2 Å². The number of fused-ring (bicyclic) bond motifs is 3. The Balaban J connectivity index is 1.50. The molecule has 3 N–H and O–H groups in total. The summed E-state index contributed by atoms with van der Waals surface area (Å²) in [6.45, 7) is 0.215. The first-order valence-corrected chi connectivity index (χ1v) is 14.5. The van der Waals surface area contributed by atoms with E-state index in [4.69, 9.17) is 14.2 Å². The second-order valence-electron chi connectivity index (χ2n) is 11.1. The molecular formula is C32H40N2O7. The summed E-state index contributed by atoms with van der Waals surface area (Å²) in [6, 6.07) is 12.3. The Morgan fingerprint density at radius 1 is 1.10 bits per heavy atom. The van der Waals surface area contributed by atoms with Crippen LogP contribution >= 0.6 is 0 Å². The molecule has 0 aromatic heterocycles. The smallest absolute Gasteiger partial charge is 0.247 e. The quantitative estimate of drug-likeness (QED) is 0.384. The summed E-state index contributed by atoms with van der Waals surface area (Å²) in [5, 5.41) is 23.9. The van der Waals surface area contributed by atoms with Crippen molar-refractivity contribution in [3.05, 3.63) is 65.2 Å². The molecule has 2 aliphatic carbocycles. The van der Waals surface area contributed by atoms with Gasteiger partial charge in [-0.2, -0.15) is 0 Å². The Bertz CT molecular complexity index is 1270. The number of carbonyl (C=O) groups excluding carboxylic acids is 2. The summed E-state index contributed by atoms with van der Waals surface area (Å²) in [7, 11) is 3.21. The third-order valence-corrected chi connectivity index (χ3v) is 8.60. The Morgan fingerprint density at radius 2 is 1.88 bits per heavy atom. The number of ether oxygens (including phenoxy) is 3. The fraction of sp³-hybridized carbons (Fsp3) is 0.500. The molecule has 0 saturated heterocycles. The predicted octanol–water partition coefficient (Wildman–Crippen LogP) is 2.98. The van der Waals surface area contributed by atoms with Gasteiger partial charge in [0, 0.05) is 30.6 Å². The van der Waals surface area contributed by atoms with Gasteiger partial charge in [0.15, 0.2) is 0 Å². The Hall–Kier alpha value is -3.56. The number of benzene rings is 2. The summed E-state index contributed by atoms with van der Waals surface area (Å²) in [6.07, 6.45) is 5.09. The van der Waals surface area contributed by atoms with Gasteiger partial charge in [0.1, 0.15) is 29.5 Å². The van der Waals surface area contributed by atoms with Gasteiger partial charge in [0.05, 0.1) is 32.8 Å². The number of nitrogens with one attached hydrogen (secondary N) is 1. The molecule has 1 heterocycles. The van der Waals surface area contributed by atoms with Gasteiger partial charge < -0.3 is 34.6 Å². The van der Waals surface area contributed by atoms with E-state index in [9.17, 15) is 19.8 Å². The zero-order chi connectivity index (χ0) is 28.9. The van der Waals surface area contributed by atoms with Crippen molar-refractivity contribution in [3.8, 4) is 17.2 Å². The summed E-state index contributed by atoms with van der Waals surface area (Å²) < 4.78 is 17.2. The van der Waals surface area contributed by atoms with Crippen molar-refractivity contribution in [1.82, 2.24) is 10.2 Å². The fourth-order valence-corrected chi connectivity index (χ4v) is 6.53. The molecule has 2 aromatic carbocycles. The maximum Gasteiger partial charge on any atom is 0.247 e. The number of aliphatic hydroxyl groups is 2. The number of para-hydroxylation sites is 1. The van der Waals surface area contributed by atoms with E-state index in [1.165, 1.54) is 0 Å². The maximum absolute atomic E-state index is 14.0. The average Bonchev–Trinajstić information content (AvgIpc) is 3.65. The van der Waals surface area contributed by atoms with E-state index < -0.39 is 24.2 Å². The average molecular weight is 565 g/mol. The largest absolute Gasteiger partial charge is 0.497 e. The molecular weight excluding hydrogens is 524 g/mol. The molecule has 5 rings (SSSR count). The number of amides is 2. The number of nitrogens with zero attached hydrogens (tertiary/aromatic N) is 1. The monoisotopic (exact) mass is 564 g/mol. The van der Waals surface area contributed by atoms with Gasteiger partial charge >= 0.3 is 0 Å². The van der Waals surface area contributed by atoms with Crippen molar-refractivity contribution in [2.75, 3.05) is 33.9 Å². The van der Waals surface area contributed by atoms with Gasteiger partial charge in [-0.25, -0.2) is 0 Å². The predicted molar refractivity (Wildman–Crippen MR) is 153 cm³/mol. The highest BCUT2D eigenvalue weighted by atomic mass is 16.5. The Morgan fingerprint density at radius 3 is 2.61 bits per heavy atom. The number of methoxy groups -OCH3 is 2. The van der Waals surface area contributed by atoms with Gasteiger partial charge in [0.2, 0.25) is 11.8 Å². The summed E-state index contributed by atoms with van der Waals surface area (Å²) in [4.78, 5) is 29.1. The summed E-state index contributed by atoms with van der Waals surface area (Å²) in [5.74, 6) is 1.42. The van der Waals surface area contributed by atoms with E-state index in [-0.39, 0.29) is 25.0 Å². The van der Waals surface area contributed by atoms with Crippen molar-refractivity contribution >= 4 is 11.8 Å². The lowest BCUT2D eigenvalue weighted by Gasteiger charge is -2.41. The van der Waals surface area contributed by atoms with Gasteiger partial charge in [0.25, 0.3) is 0 Å². The first kappa shape index (κ1) is 29.0. The van der Waals surface area contributed by atoms with Crippen molar-refractivity contribution in [2.24, 2.45) is 5.92 Å². The molecule has 4 atom stereocenters. The van der Waals surface area contributed by atoms with E-state index in [1.54, 1.807) is 25.2 Å². The minimum atomic E-state index is -1.05. The van der Waals surface area contributed by atoms with E-state index >= 15 is 0 Å². The molecule has 220 valence electrons. The van der Waals surface area contributed by atoms with E-state index in [2.05, 4.69) is 5.32 Å². The third-order valence-electron chi connectivity index (χ3n) is 8.60. The van der Waals surface area contributed by atoms with Gasteiger partial charge in [-0.15, -0.1) is 0 Å². The molecule has 2 aromatic rings. The highest BCUT2D eigenvalue weighted by molar-refractivity contribution is 5.96. The van der Waals surface area contributed by atoms with Crippen LogP contribution in [0.25, 0.3) is 0 Å². The fourth-order valence-electron chi connectivity index (χ4n) is 6.53. The van der Waals surface area contributed by atoms with E-state index in [0.717, 1.165) is 36.8 Å². The number of carbonyl (C=O) groups is 2. The number of hydrogen-bond donors (Lipinski definition) is 3. The highest BCUT2D eigenvalue weighted by Gasteiger charge is 2.50. The highest BCUT2D eigenvalue weighted by Crippen LogP contribution is 2.47. The lowest BCUT2D eigenvalue weighted by atomic mass is 9.77. The Labute approximate surface area is 241 Å². The van der Waals surface area contributed by atoms with E-state index in [0.29, 0.717) is 48.1 Å². The minimum absolute atomic E-state index is 0.0526. The molecule has 1 aliphatic heterocycles. The molecule has 4 unspecified atom stereocenters. The van der Waals surface area contributed by atoms with Crippen LogP contribution in [0.4, 0.5) is 0 Å². The van der Waals surface area contributed by atoms with Crippen molar-refractivity contribution in [1.29, 1.82) is 0 Å². The molecule has 1 fully saturated rings. The van der Waals surface area contributed by atoms with Gasteiger partial charge in [-0.1, -0.05) is 31.0 Å². The molecule has 9 nitrogen and oxygen atoms in total. The second-order valence-corrected chi connectivity index (χ2v) is 11.1. The molecule has 0 radical (unpaired) electrons. The minimum Gasteiger partial charge on any atom is -0.497 e. The summed E-state index contributed by atoms with van der Waals surface area (Å²) in [5.41, 5.74) is 2.13. The van der Waals surface area contributed by atoms with Crippen molar-refractivity contribution < 1.29 is 34.0 Å². The van der Waals surface area contributed by atoms with Crippen LogP contribution in [0.15, 0.2) is 54.1 Å². The van der Waals surface area contributed by atoms with Crippen LogP contribution in [0.3, 0.4) is 0 Å². The molecule has 0 spiro atoms. The normalized spacial score (nSPS) is 23.2. The van der Waals surface area contributed by atoms with Crippen LogP contribution in [0, 0.1) is 5.92 Å². The molecule has 41 heavy (non-hydrogen) atoms. The lowest BCUT2D eigenvalue weighted by Crippen LogP contribution is -2.56. The van der Waals surface area contributed by atoms with Crippen LogP contribution in [0.1, 0.15) is 49.1 Å². The molecule has 2 amide bonds. The molecule has 1 saturated carbocycles. The zero-order valence-electron chi connectivity index (χ0n) is 23.8. The van der Waals surface area contributed by atoms with E-state index in [1.807, 2.05) is 42.5 Å². The molecule has 0 bridgehead atoms. The summed E-state index contributed by atoms with van der Waals surface area (Å²) >= 11 is 0. The van der Waals surface area contributed by atoms with Crippen molar-refractivity contribution in [3.63, 3.8) is 0 Å². The topological polar surface area (TPSA) is 118 Å². The SMILES string of the molecule is COc1ccc(OC)c(CCN(C(=O)CC2CCCC2)C2C=C(C(=O)NCCO)C3c4ccccc4OC3C2O)c1. The number of rotatable bonds is 11. The number of aliphatic hydroxyl groups excluding tert-OH is 2. The Kier molecular flexibility index (Phi) is 9.15. The van der Waals surface area contributed by atoms with Gasteiger partial charge in [-0.05, 0) is 61.1 Å². The zero-order valence-corrected chi connectivity index (χ0v) is 23.8. The first-order valence-electron chi connectivity index (χ1n) is 14.5. The number of hydrogen-bond acceptors (Lipinski definition) is 7. The van der Waals surface area contributed by atoms with Gasteiger partial charge in [-0.3, -0.25) is 9.59 Å². The standard InChI is InChI=1S/C32H40N2O7/c1-39-22-11-12-26(40-2)21(18-22)13-15-34(28(36)17-20-7-3-4-8-20)25-19-24(32(38)33-14-16-35)29-23-9-5-6-10-27(23)41-31(29)30(25)37/h5-6,9-12,18-20,25,29-31,35,37H,3-4,7-8,13-17H2,1-2H3,(H,33,38). The second kappa shape index (κ2) is 13.0. The lowest BCUT2D eigenvalue weighted by molar-refractivity contribution is -0.138. The van der Waals surface area contributed by atoms with Crippen LogP contribution in [-0.2, 0) is 16.0 Å². The maximum atomic E-state index is 14.0. The van der Waals surface area contributed by atoms with Crippen LogP contribution < -0.4 is 19.5 Å². The third kappa shape index (κ3) is 6.06. The van der Waals surface area contributed by atoms with Crippen LogP contribution in [-0.4, -0.2) is 79.1 Å². The first-order chi connectivity index (χ1) is 19.9. The van der Waals surface area contributed by atoms with Crippen molar-refractivity contribution in [2.45, 2.75) is 62.7 Å². The molecule has 9 heteroatoms. The van der Waals surface area contributed by atoms with Crippen LogP contribution in [0.2, 0.25) is 0 Å².